The number of nitrogens with one attached hydrogen (secondary N) is 2. The van der Waals surface area contributed by atoms with E-state index in [1.807, 2.05) is 20.8 Å². The fourth-order valence-corrected chi connectivity index (χ4v) is 7.05. The van der Waals surface area contributed by atoms with Gasteiger partial charge in [-0.25, -0.2) is 0 Å². The zero-order valence-corrected chi connectivity index (χ0v) is 23.3. The molecule has 204 valence electrons. The minimum absolute atomic E-state index is 0.0958. The van der Waals surface area contributed by atoms with E-state index >= 15 is 0 Å². The number of fused-ring (bicyclic) bond motifs is 1. The quantitative estimate of drug-likeness (QED) is 0.259. The van der Waals surface area contributed by atoms with Crippen LogP contribution in [0.1, 0.15) is 52.9 Å². The molecule has 3 heterocycles. The summed E-state index contributed by atoms with van der Waals surface area (Å²) in [6.45, 7) is 6.78. The van der Waals surface area contributed by atoms with Crippen molar-refractivity contribution in [2.45, 2.75) is 81.5 Å². The third-order valence-corrected chi connectivity index (χ3v) is 8.36. The van der Waals surface area contributed by atoms with Crippen LogP contribution in [0.3, 0.4) is 0 Å². The Bertz CT molecular complexity index is 989. The van der Waals surface area contributed by atoms with Gasteiger partial charge in [0.15, 0.2) is 0 Å². The van der Waals surface area contributed by atoms with Gasteiger partial charge in [-0.1, -0.05) is 28.8 Å². The molecule has 1 spiro atoms. The van der Waals surface area contributed by atoms with Gasteiger partial charge in [-0.3, -0.25) is 14.4 Å². The molecule has 1 aromatic rings. The molecule has 0 aromatic heterocycles. The zero-order chi connectivity index (χ0) is 26.7. The number of carbonyl (C=O) groups excluding carboxylic acids is 3. The van der Waals surface area contributed by atoms with Gasteiger partial charge in [0.05, 0.1) is 24.5 Å². The van der Waals surface area contributed by atoms with Gasteiger partial charge in [0.2, 0.25) is 17.7 Å². The average Bonchev–Trinajstić information content (AvgIpc) is 3.43. The van der Waals surface area contributed by atoms with Crippen molar-refractivity contribution in [2.75, 3.05) is 25.1 Å². The predicted octanol–water partition coefficient (Wildman–Crippen LogP) is 2.85. The van der Waals surface area contributed by atoms with Crippen LogP contribution < -0.4 is 15.4 Å². The largest absolute Gasteiger partial charge is 0.494 e. The summed E-state index contributed by atoms with van der Waals surface area (Å²) in [6, 6.07) is 6.23. The molecule has 3 N–H and O–H groups in total. The Balaban J connectivity index is 1.58. The smallest absolute Gasteiger partial charge is 0.246 e. The number of likely N-dealkylation sites (tertiary alicyclic amines) is 1. The Morgan fingerprint density at radius 3 is 2.54 bits per heavy atom. The van der Waals surface area contributed by atoms with E-state index < -0.39 is 29.6 Å². The summed E-state index contributed by atoms with van der Waals surface area (Å²) < 4.78 is 12.0. The number of hydrogen-bond donors (Lipinski definition) is 3. The maximum Gasteiger partial charge on any atom is 0.246 e. The predicted molar refractivity (Wildman–Crippen MR) is 142 cm³/mol. The minimum atomic E-state index is -1.05. The molecule has 3 fully saturated rings. The molecule has 4 rings (SSSR count). The number of unbranched alkanes of at least 4 members (excludes halogenated alkanes) is 3. The topological polar surface area (TPSA) is 117 Å². The van der Waals surface area contributed by atoms with Crippen LogP contribution in [0.15, 0.2) is 24.3 Å². The molecule has 3 amide bonds. The van der Waals surface area contributed by atoms with Crippen LogP contribution in [-0.4, -0.2) is 76.1 Å². The van der Waals surface area contributed by atoms with Crippen LogP contribution in [-0.2, 0) is 19.1 Å². The Labute approximate surface area is 226 Å². The maximum absolute atomic E-state index is 13.9. The first-order chi connectivity index (χ1) is 17.7. The molecule has 3 saturated heterocycles. The minimum Gasteiger partial charge on any atom is -0.494 e. The van der Waals surface area contributed by atoms with Gasteiger partial charge in [0, 0.05) is 29.7 Å². The van der Waals surface area contributed by atoms with Crippen LogP contribution in [0.4, 0.5) is 5.69 Å². The molecular weight excluding hydrogens is 542 g/mol. The molecule has 0 radical (unpaired) electrons. The van der Waals surface area contributed by atoms with Crippen molar-refractivity contribution in [1.82, 2.24) is 10.2 Å². The van der Waals surface area contributed by atoms with Crippen LogP contribution in [0.5, 0.6) is 5.75 Å². The molecule has 6 atom stereocenters. The SMILES string of the molecule is CCOc1ccc(NC(=O)[C@H]2[C@@H]3OC4(CC3Br)C(C(=O)NC(C)C)N(CCCCCCO)C(=O)[C@H]24)cc1. The number of carbonyl (C=O) groups is 3. The van der Waals surface area contributed by atoms with Crippen LogP contribution >= 0.6 is 15.9 Å². The fraction of sp³-hybridized carbons (Fsp3) is 0.667. The number of amides is 3. The lowest BCUT2D eigenvalue weighted by atomic mass is 9.70. The third-order valence-electron chi connectivity index (χ3n) is 7.51. The highest BCUT2D eigenvalue weighted by atomic mass is 79.9. The molecule has 1 aromatic carbocycles. The number of nitrogens with zero attached hydrogens (tertiary/aromatic N) is 1. The Morgan fingerprint density at radius 1 is 1.19 bits per heavy atom. The highest BCUT2D eigenvalue weighted by molar-refractivity contribution is 9.09. The summed E-state index contributed by atoms with van der Waals surface area (Å²) in [4.78, 5) is 42.5. The Morgan fingerprint density at radius 2 is 1.89 bits per heavy atom. The summed E-state index contributed by atoms with van der Waals surface area (Å²) in [7, 11) is 0. The van der Waals surface area contributed by atoms with E-state index in [1.54, 1.807) is 29.2 Å². The third kappa shape index (κ3) is 5.38. The van der Waals surface area contributed by atoms with Gasteiger partial charge in [0.25, 0.3) is 0 Å². The number of anilines is 1. The second-order valence-corrected chi connectivity index (χ2v) is 11.6. The average molecular weight is 581 g/mol. The van der Waals surface area contributed by atoms with Crippen molar-refractivity contribution >= 4 is 39.3 Å². The van der Waals surface area contributed by atoms with Crippen molar-refractivity contribution in [1.29, 1.82) is 0 Å². The highest BCUT2D eigenvalue weighted by Crippen LogP contribution is 2.60. The van der Waals surface area contributed by atoms with E-state index in [0.29, 0.717) is 43.9 Å². The number of aliphatic hydroxyl groups is 1. The summed E-state index contributed by atoms with van der Waals surface area (Å²) in [5.41, 5.74) is -0.447. The lowest BCUT2D eigenvalue weighted by molar-refractivity contribution is -0.141. The van der Waals surface area contributed by atoms with Gasteiger partial charge in [-0.2, -0.15) is 0 Å². The zero-order valence-electron chi connectivity index (χ0n) is 21.7. The number of aliphatic hydroxyl groups excluding tert-OH is 1. The van der Waals surface area contributed by atoms with Crippen molar-refractivity contribution < 1.29 is 29.0 Å². The van der Waals surface area contributed by atoms with E-state index in [4.69, 9.17) is 14.6 Å². The summed E-state index contributed by atoms with van der Waals surface area (Å²) in [6.07, 6.45) is 3.10. The summed E-state index contributed by atoms with van der Waals surface area (Å²) in [5, 5.41) is 15.0. The number of alkyl halides is 1. The van der Waals surface area contributed by atoms with Crippen molar-refractivity contribution in [3.8, 4) is 5.75 Å². The molecule has 37 heavy (non-hydrogen) atoms. The number of hydrogen-bond acceptors (Lipinski definition) is 6. The second kappa shape index (κ2) is 11.7. The first-order valence-corrected chi connectivity index (χ1v) is 14.2. The van der Waals surface area contributed by atoms with E-state index in [1.165, 1.54) is 0 Å². The van der Waals surface area contributed by atoms with Crippen molar-refractivity contribution in [3.05, 3.63) is 24.3 Å². The number of rotatable bonds is 12. The van der Waals surface area contributed by atoms with E-state index in [-0.39, 0.29) is 35.2 Å². The van der Waals surface area contributed by atoms with Crippen LogP contribution in [0.25, 0.3) is 0 Å². The lowest BCUT2D eigenvalue weighted by Crippen LogP contribution is -2.56. The lowest BCUT2D eigenvalue weighted by Gasteiger charge is -2.34. The fourth-order valence-electron chi connectivity index (χ4n) is 6.11. The van der Waals surface area contributed by atoms with Crippen LogP contribution in [0.2, 0.25) is 0 Å². The molecule has 3 aliphatic heterocycles. The molecule has 10 heteroatoms. The monoisotopic (exact) mass is 579 g/mol. The molecular formula is C27H38BrN3O6. The van der Waals surface area contributed by atoms with Gasteiger partial charge < -0.3 is 30.1 Å². The van der Waals surface area contributed by atoms with Gasteiger partial charge >= 0.3 is 0 Å². The number of ether oxygens (including phenoxy) is 2. The molecule has 2 bridgehead atoms. The molecule has 0 saturated carbocycles. The Hall–Kier alpha value is -2.17. The van der Waals surface area contributed by atoms with Crippen LogP contribution in [0, 0.1) is 11.8 Å². The molecule has 3 aliphatic rings. The van der Waals surface area contributed by atoms with Gasteiger partial charge in [-0.05, 0) is 64.3 Å². The first-order valence-electron chi connectivity index (χ1n) is 13.3. The van der Waals surface area contributed by atoms with Gasteiger partial charge in [0.1, 0.15) is 17.4 Å². The van der Waals surface area contributed by atoms with E-state index in [0.717, 1.165) is 12.8 Å². The summed E-state index contributed by atoms with van der Waals surface area (Å²) >= 11 is 3.69. The Kier molecular flexibility index (Phi) is 8.81. The second-order valence-electron chi connectivity index (χ2n) is 10.4. The molecule has 9 nitrogen and oxygen atoms in total. The number of halogens is 1. The van der Waals surface area contributed by atoms with Crippen molar-refractivity contribution in [3.63, 3.8) is 0 Å². The van der Waals surface area contributed by atoms with E-state index in [2.05, 4.69) is 26.6 Å². The molecule has 0 aliphatic carbocycles. The standard InChI is InChI=1S/C27H38BrN3O6/c1-4-36-18-11-9-17(10-12-18)30-24(33)20-21-26(35)31(13-7-5-6-8-14-32)23(25(34)29-16(2)3)27(21)15-19(28)22(20)37-27/h9-12,16,19-23,32H,4-8,13-15H2,1-3H3,(H,29,34)(H,30,33)/t19?,20-,21+,22-,23?,27?/m1/s1. The van der Waals surface area contributed by atoms with Gasteiger partial charge in [-0.15, -0.1) is 0 Å². The van der Waals surface area contributed by atoms with Crippen molar-refractivity contribution in [2.24, 2.45) is 11.8 Å². The normalized spacial score (nSPS) is 30.1. The molecule has 3 unspecified atom stereocenters. The van der Waals surface area contributed by atoms with E-state index in [9.17, 15) is 14.4 Å². The first kappa shape index (κ1) is 27.9. The highest BCUT2D eigenvalue weighted by Gasteiger charge is 2.76. The number of benzene rings is 1. The summed E-state index contributed by atoms with van der Waals surface area (Å²) in [5.74, 6) is -1.46. The maximum atomic E-state index is 13.9.